The second-order valence-corrected chi connectivity index (χ2v) is 13.1. The first-order chi connectivity index (χ1) is 25.7. The molecule has 0 radical (unpaired) electrons. The highest BCUT2D eigenvalue weighted by Gasteiger charge is 2.44. The topological polar surface area (TPSA) is 192 Å². The van der Waals surface area contributed by atoms with Gasteiger partial charge in [0, 0.05) is 44.1 Å². The smallest absolute Gasteiger partial charge is 0.475 e. The lowest BCUT2D eigenvalue weighted by Gasteiger charge is -2.31. The van der Waals surface area contributed by atoms with Crippen LogP contribution < -0.4 is 16.0 Å². The van der Waals surface area contributed by atoms with Crippen LogP contribution >= 0.6 is 0 Å². The lowest BCUT2D eigenvalue weighted by atomic mass is 9.76. The summed E-state index contributed by atoms with van der Waals surface area (Å²) in [5, 5.41) is 38.9. The summed E-state index contributed by atoms with van der Waals surface area (Å²) in [5.41, 5.74) is 3.94. The van der Waals surface area contributed by atoms with Crippen molar-refractivity contribution in [3.8, 4) is 0 Å². The van der Waals surface area contributed by atoms with Gasteiger partial charge in [-0.15, -0.1) is 0 Å². The highest BCUT2D eigenvalue weighted by molar-refractivity contribution is 5.84. The second kappa shape index (κ2) is 17.1. The minimum Gasteiger partial charge on any atom is -0.475 e. The van der Waals surface area contributed by atoms with Gasteiger partial charge in [0.1, 0.15) is 12.2 Å². The number of carbonyl (C=O) groups excluding carboxylic acids is 1. The molecule has 54 heavy (non-hydrogen) atoms. The number of hydrogen-bond acceptors (Lipinski definition) is 10. The Bertz CT molecular complexity index is 1970. The molecule has 0 saturated heterocycles. The number of carboxylic acids is 1. The standard InChI is InChI=1S/C35H43N9O3.C2HF3O2/c1-4-28(45)40-26-18-27(31(47)30(26)46)44-22-39-29-32(41-34(42-33(29)44)36-17-16-25-19-43(5-2)21-38-25)37-20-35(3,23-12-8-6-9-13-23)24-14-10-7-11-15-24;3-2(4,5)1(6)7/h6-15,19,21-22,26-27,30-31,46-47H,4-5,16-18,20H2,1-3H3,(H,40,45)(H2,36,37,41,42);(H,6,7)/t26-,27+,30+,31-;/m0./s1. The average molecular weight is 752 g/mol. The molecule has 1 aliphatic rings. The molecule has 1 saturated carbocycles. The van der Waals surface area contributed by atoms with Gasteiger partial charge in [0.05, 0.1) is 30.4 Å². The van der Waals surface area contributed by atoms with Gasteiger partial charge in [0.2, 0.25) is 11.9 Å². The van der Waals surface area contributed by atoms with E-state index >= 15 is 0 Å². The largest absolute Gasteiger partial charge is 0.490 e. The van der Waals surface area contributed by atoms with Gasteiger partial charge in [0.15, 0.2) is 17.0 Å². The Labute approximate surface area is 309 Å². The number of nitrogens with zero attached hydrogens (tertiary/aromatic N) is 6. The lowest BCUT2D eigenvalue weighted by molar-refractivity contribution is -0.192. The number of carbonyl (C=O) groups is 2. The van der Waals surface area contributed by atoms with E-state index in [9.17, 15) is 28.2 Å². The number of aromatic nitrogens is 6. The fraction of sp³-hybridized carbons (Fsp3) is 0.405. The van der Waals surface area contributed by atoms with Crippen molar-refractivity contribution in [2.45, 2.75) is 82.5 Å². The van der Waals surface area contributed by atoms with E-state index in [1.165, 1.54) is 0 Å². The zero-order chi connectivity index (χ0) is 39.0. The second-order valence-electron chi connectivity index (χ2n) is 13.1. The van der Waals surface area contributed by atoms with E-state index in [0.29, 0.717) is 55.3 Å². The van der Waals surface area contributed by atoms with Gasteiger partial charge < -0.3 is 40.4 Å². The van der Waals surface area contributed by atoms with Crippen molar-refractivity contribution >= 4 is 34.8 Å². The van der Waals surface area contributed by atoms with Crippen molar-refractivity contribution in [2.75, 3.05) is 23.7 Å². The molecule has 4 atom stereocenters. The number of amides is 1. The monoisotopic (exact) mass is 751 g/mol. The van der Waals surface area contributed by atoms with Crippen LogP contribution in [0.1, 0.15) is 56.5 Å². The van der Waals surface area contributed by atoms with Crippen LogP contribution in [0.4, 0.5) is 24.9 Å². The van der Waals surface area contributed by atoms with Gasteiger partial charge in [-0.2, -0.15) is 23.1 Å². The van der Waals surface area contributed by atoms with Crippen LogP contribution in [0.15, 0.2) is 79.5 Å². The number of fused-ring (bicyclic) bond motifs is 1. The lowest BCUT2D eigenvalue weighted by Crippen LogP contribution is -2.42. The Morgan fingerprint density at radius 2 is 1.54 bits per heavy atom. The van der Waals surface area contributed by atoms with Crippen molar-refractivity contribution in [3.05, 3.63) is 96.3 Å². The number of benzene rings is 2. The van der Waals surface area contributed by atoms with E-state index in [1.807, 2.05) is 53.5 Å². The normalized spacial score (nSPS) is 18.5. The third kappa shape index (κ3) is 9.14. The van der Waals surface area contributed by atoms with Crippen molar-refractivity contribution in [3.63, 3.8) is 0 Å². The fourth-order valence-corrected chi connectivity index (χ4v) is 6.35. The molecule has 6 rings (SSSR count). The molecule has 288 valence electrons. The number of aryl methyl sites for hydroxylation is 1. The summed E-state index contributed by atoms with van der Waals surface area (Å²) < 4.78 is 35.6. The summed E-state index contributed by atoms with van der Waals surface area (Å²) in [6.07, 6.45) is -0.536. The van der Waals surface area contributed by atoms with Gasteiger partial charge >= 0.3 is 12.1 Å². The molecule has 0 aliphatic heterocycles. The van der Waals surface area contributed by atoms with Crippen LogP contribution in [0.25, 0.3) is 11.2 Å². The van der Waals surface area contributed by atoms with E-state index in [-0.39, 0.29) is 5.91 Å². The van der Waals surface area contributed by atoms with Gasteiger partial charge in [-0.05, 0) is 31.4 Å². The fourth-order valence-electron chi connectivity index (χ4n) is 6.35. The summed E-state index contributed by atoms with van der Waals surface area (Å²) in [7, 11) is 0. The van der Waals surface area contributed by atoms with Crippen molar-refractivity contribution in [1.82, 2.24) is 34.4 Å². The Balaban J connectivity index is 0.000000730. The molecule has 0 unspecified atom stereocenters. The Morgan fingerprint density at radius 3 is 2.09 bits per heavy atom. The van der Waals surface area contributed by atoms with E-state index in [2.05, 4.69) is 59.0 Å². The van der Waals surface area contributed by atoms with Gasteiger partial charge in [-0.3, -0.25) is 4.79 Å². The molecule has 3 aromatic heterocycles. The Kier molecular flexibility index (Phi) is 12.5. The molecule has 2 aromatic carbocycles. The van der Waals surface area contributed by atoms with Crippen LogP contribution in [-0.2, 0) is 28.0 Å². The molecule has 1 aliphatic carbocycles. The highest BCUT2D eigenvalue weighted by atomic mass is 19.4. The quantitative estimate of drug-likeness (QED) is 0.101. The van der Waals surface area contributed by atoms with E-state index in [4.69, 9.17) is 24.9 Å². The SMILES string of the molecule is CCC(=O)N[C@H]1C[C@@H](n2cnc3c(NCC(C)(c4ccccc4)c4ccccc4)nc(NCCc4cn(CC)cn4)nc32)[C@H](O)[C@@H]1O.O=C(O)C(F)(F)F. The number of anilines is 2. The molecule has 0 bridgehead atoms. The molecule has 5 aromatic rings. The van der Waals surface area contributed by atoms with Crippen LogP contribution in [0.2, 0.25) is 0 Å². The molecule has 0 spiro atoms. The Hall–Kier alpha value is -5.55. The number of aliphatic hydroxyl groups is 2. The third-order valence-corrected chi connectivity index (χ3v) is 9.49. The molecule has 14 nitrogen and oxygen atoms in total. The molecular weight excluding hydrogens is 707 g/mol. The maximum Gasteiger partial charge on any atom is 0.490 e. The summed E-state index contributed by atoms with van der Waals surface area (Å²) in [4.78, 5) is 39.9. The van der Waals surface area contributed by atoms with Crippen molar-refractivity contribution in [2.24, 2.45) is 0 Å². The van der Waals surface area contributed by atoms with Crippen molar-refractivity contribution in [1.29, 1.82) is 0 Å². The van der Waals surface area contributed by atoms with Crippen LogP contribution in [-0.4, -0.2) is 93.8 Å². The first-order valence-corrected chi connectivity index (χ1v) is 17.5. The minimum atomic E-state index is -5.08. The number of carboxylic acid groups (broad SMARTS) is 1. The van der Waals surface area contributed by atoms with Crippen LogP contribution in [0, 0.1) is 0 Å². The maximum absolute atomic E-state index is 12.1. The zero-order valence-electron chi connectivity index (χ0n) is 30.0. The molecule has 3 heterocycles. The molecule has 17 heteroatoms. The van der Waals surface area contributed by atoms with Crippen molar-refractivity contribution < 1.29 is 38.1 Å². The molecular formula is C37H44F3N9O5. The van der Waals surface area contributed by atoms with Crippen LogP contribution in [0.5, 0.6) is 0 Å². The minimum absolute atomic E-state index is 0.179. The molecule has 6 N–H and O–H groups in total. The number of imidazole rings is 2. The predicted octanol–water partition coefficient (Wildman–Crippen LogP) is 4.31. The number of nitrogens with one attached hydrogen (secondary N) is 3. The van der Waals surface area contributed by atoms with E-state index < -0.39 is 41.9 Å². The summed E-state index contributed by atoms with van der Waals surface area (Å²) >= 11 is 0. The van der Waals surface area contributed by atoms with Crippen LogP contribution in [0.3, 0.4) is 0 Å². The van der Waals surface area contributed by atoms with Gasteiger partial charge in [-0.25, -0.2) is 14.8 Å². The van der Waals surface area contributed by atoms with Gasteiger partial charge in [0.25, 0.3) is 0 Å². The van der Waals surface area contributed by atoms with Gasteiger partial charge in [-0.1, -0.05) is 67.6 Å². The first-order valence-electron chi connectivity index (χ1n) is 17.5. The summed E-state index contributed by atoms with van der Waals surface area (Å²) in [6.45, 7) is 7.96. The number of aliphatic carboxylic acids is 1. The zero-order valence-corrected chi connectivity index (χ0v) is 30.0. The Morgan fingerprint density at radius 1 is 0.907 bits per heavy atom. The molecule has 1 amide bonds. The number of halogens is 3. The number of rotatable bonds is 13. The number of hydrogen-bond donors (Lipinski definition) is 6. The number of alkyl halides is 3. The highest BCUT2D eigenvalue weighted by Crippen LogP contribution is 2.36. The first kappa shape index (κ1) is 39.7. The average Bonchev–Trinajstić information content (AvgIpc) is 3.88. The summed E-state index contributed by atoms with van der Waals surface area (Å²) in [5.74, 6) is -1.98. The number of aliphatic hydroxyl groups excluding tert-OH is 2. The summed E-state index contributed by atoms with van der Waals surface area (Å²) in [6, 6.07) is 19.6. The van der Waals surface area contributed by atoms with E-state index in [1.54, 1.807) is 17.8 Å². The molecule has 1 fully saturated rings. The third-order valence-electron chi connectivity index (χ3n) is 9.49. The van der Waals surface area contributed by atoms with E-state index in [0.717, 1.165) is 23.4 Å². The predicted molar refractivity (Wildman–Crippen MR) is 195 cm³/mol. The maximum atomic E-state index is 12.1.